The molecule has 0 bridgehead atoms. The first kappa shape index (κ1) is 20.0. The molecule has 0 aliphatic carbocycles. The lowest BCUT2D eigenvalue weighted by atomic mass is 10.1. The Morgan fingerprint density at radius 3 is 2.66 bits per heavy atom. The third kappa shape index (κ3) is 3.75. The summed E-state index contributed by atoms with van der Waals surface area (Å²) in [5.41, 5.74) is 1.27. The highest BCUT2D eigenvalue weighted by Crippen LogP contribution is 2.25. The minimum Gasteiger partial charge on any atom is -0.493 e. The summed E-state index contributed by atoms with van der Waals surface area (Å²) >= 11 is 0. The van der Waals surface area contributed by atoms with E-state index in [-0.39, 0.29) is 17.6 Å². The molecule has 1 saturated heterocycles. The van der Waals surface area contributed by atoms with E-state index in [0.29, 0.717) is 48.5 Å². The van der Waals surface area contributed by atoms with Crippen molar-refractivity contribution in [2.75, 3.05) is 20.2 Å². The number of piperidine rings is 1. The minimum atomic E-state index is -0.670. The van der Waals surface area contributed by atoms with E-state index in [1.54, 1.807) is 35.4 Å². The third-order valence-electron chi connectivity index (χ3n) is 5.62. The maximum absolute atomic E-state index is 13.0. The van der Waals surface area contributed by atoms with Gasteiger partial charge in [0.05, 0.1) is 24.3 Å². The number of carbonyl (C=O) groups excluding carboxylic acids is 1. The number of hydrogen-bond donors (Lipinski definition) is 0. The molecular formula is C24H21N3O5. The van der Waals surface area contributed by atoms with E-state index in [1.165, 1.54) is 7.11 Å². The van der Waals surface area contributed by atoms with Gasteiger partial charge in [-0.2, -0.15) is 0 Å². The fourth-order valence-electron chi connectivity index (χ4n) is 3.94. The largest absolute Gasteiger partial charge is 0.493 e. The first-order chi connectivity index (χ1) is 15.6. The number of fused-ring (bicyclic) bond motifs is 2. The normalized spacial score (nSPS) is 14.6. The van der Waals surface area contributed by atoms with E-state index >= 15 is 0 Å². The fraction of sp³-hybridized carbons (Fsp3) is 0.250. The molecule has 4 aromatic rings. The zero-order chi connectivity index (χ0) is 22.1. The second kappa shape index (κ2) is 8.30. The summed E-state index contributed by atoms with van der Waals surface area (Å²) in [6.45, 7) is 0.945. The molecule has 0 saturated carbocycles. The molecule has 1 aliphatic heterocycles. The van der Waals surface area contributed by atoms with Crippen molar-refractivity contribution in [2.45, 2.75) is 18.9 Å². The number of methoxy groups -OCH3 is 1. The van der Waals surface area contributed by atoms with E-state index in [4.69, 9.17) is 13.9 Å². The smallest absolute Gasteiger partial charge is 0.349 e. The van der Waals surface area contributed by atoms with Crippen LogP contribution >= 0.6 is 0 Å². The lowest BCUT2D eigenvalue weighted by Crippen LogP contribution is -2.43. The number of para-hydroxylation sites is 3. The highest BCUT2D eigenvalue weighted by molar-refractivity contribution is 5.97. The van der Waals surface area contributed by atoms with Gasteiger partial charge >= 0.3 is 5.63 Å². The van der Waals surface area contributed by atoms with Crippen LogP contribution in [0.25, 0.3) is 22.0 Å². The number of rotatable bonds is 4. The summed E-state index contributed by atoms with van der Waals surface area (Å²) in [5.74, 6) is 0.582. The molecule has 32 heavy (non-hydrogen) atoms. The quantitative estimate of drug-likeness (QED) is 0.457. The summed E-state index contributed by atoms with van der Waals surface area (Å²) < 4.78 is 16.6. The van der Waals surface area contributed by atoms with Crippen molar-refractivity contribution in [3.05, 3.63) is 70.7 Å². The summed E-state index contributed by atoms with van der Waals surface area (Å²) in [7, 11) is 1.50. The van der Waals surface area contributed by atoms with Crippen molar-refractivity contribution in [3.63, 3.8) is 0 Å². The molecule has 3 heterocycles. The Balaban J connectivity index is 1.28. The lowest BCUT2D eigenvalue weighted by molar-refractivity contribution is 0.0584. The van der Waals surface area contributed by atoms with Crippen molar-refractivity contribution in [1.29, 1.82) is 0 Å². The van der Waals surface area contributed by atoms with Gasteiger partial charge in [0.15, 0.2) is 11.3 Å². The molecule has 2 aromatic heterocycles. The molecule has 0 unspecified atom stereocenters. The minimum absolute atomic E-state index is 0.0190. The molecule has 162 valence electrons. The average Bonchev–Trinajstić information content (AvgIpc) is 2.83. The highest BCUT2D eigenvalue weighted by Gasteiger charge is 2.27. The van der Waals surface area contributed by atoms with Crippen LogP contribution in [-0.4, -0.2) is 47.1 Å². The number of hydrogen-bond acceptors (Lipinski definition) is 7. The maximum Gasteiger partial charge on any atom is 0.349 e. The van der Waals surface area contributed by atoms with Crippen LogP contribution in [0.5, 0.6) is 11.6 Å². The molecule has 1 amide bonds. The first-order valence-electron chi connectivity index (χ1n) is 10.4. The monoisotopic (exact) mass is 431 g/mol. The topological polar surface area (TPSA) is 94.8 Å². The van der Waals surface area contributed by atoms with Gasteiger partial charge in [-0.1, -0.05) is 24.3 Å². The van der Waals surface area contributed by atoms with Crippen LogP contribution in [0.2, 0.25) is 0 Å². The standard InChI is InChI=1S/C24H21N3O5/c1-30-20-8-4-5-15-13-17(24(29)32-22(15)20)23(28)27-11-9-16(10-12-27)31-21-14-25-18-6-2-3-7-19(18)26-21/h2-8,13-14,16H,9-12H2,1H3. The molecule has 1 fully saturated rings. The van der Waals surface area contributed by atoms with Gasteiger partial charge in [-0.25, -0.2) is 14.8 Å². The summed E-state index contributed by atoms with van der Waals surface area (Å²) in [4.78, 5) is 36.0. The molecule has 0 radical (unpaired) electrons. The molecule has 5 rings (SSSR count). The highest BCUT2D eigenvalue weighted by atomic mass is 16.5. The molecule has 1 aliphatic rings. The van der Waals surface area contributed by atoms with Gasteiger partial charge in [-0.05, 0) is 24.3 Å². The Morgan fingerprint density at radius 2 is 1.88 bits per heavy atom. The van der Waals surface area contributed by atoms with Crippen LogP contribution in [0.1, 0.15) is 23.2 Å². The molecule has 8 heteroatoms. The Morgan fingerprint density at radius 1 is 1.09 bits per heavy atom. The number of likely N-dealkylation sites (tertiary alicyclic amines) is 1. The number of nitrogens with zero attached hydrogens (tertiary/aromatic N) is 3. The van der Waals surface area contributed by atoms with Crippen LogP contribution in [-0.2, 0) is 0 Å². The number of amides is 1. The first-order valence-corrected chi connectivity index (χ1v) is 10.4. The fourth-order valence-corrected chi connectivity index (χ4v) is 3.94. The Bertz CT molecular complexity index is 1360. The van der Waals surface area contributed by atoms with Crippen molar-refractivity contribution in [3.8, 4) is 11.6 Å². The molecule has 0 atom stereocenters. The number of ether oxygens (including phenoxy) is 2. The molecule has 2 aromatic carbocycles. The summed E-state index contributed by atoms with van der Waals surface area (Å²) in [6.07, 6.45) is 2.81. The van der Waals surface area contributed by atoms with Crippen LogP contribution in [0.3, 0.4) is 0 Å². The molecule has 0 N–H and O–H groups in total. The Hall–Kier alpha value is -3.94. The molecule has 8 nitrogen and oxygen atoms in total. The van der Waals surface area contributed by atoms with Crippen LogP contribution in [0.15, 0.2) is 63.9 Å². The van der Waals surface area contributed by atoms with E-state index < -0.39 is 5.63 Å². The van der Waals surface area contributed by atoms with Gasteiger partial charge < -0.3 is 18.8 Å². The van der Waals surface area contributed by atoms with Crippen molar-refractivity contribution in [2.24, 2.45) is 0 Å². The van der Waals surface area contributed by atoms with Crippen molar-refractivity contribution >= 4 is 27.9 Å². The number of carbonyl (C=O) groups is 1. The van der Waals surface area contributed by atoms with Crippen molar-refractivity contribution < 1.29 is 18.7 Å². The third-order valence-corrected chi connectivity index (χ3v) is 5.62. The van der Waals surface area contributed by atoms with Crippen LogP contribution < -0.4 is 15.1 Å². The number of benzene rings is 2. The second-order valence-corrected chi connectivity index (χ2v) is 7.63. The van der Waals surface area contributed by atoms with Gasteiger partial charge in [0.25, 0.3) is 5.91 Å². The van der Waals surface area contributed by atoms with Crippen LogP contribution in [0, 0.1) is 0 Å². The zero-order valence-electron chi connectivity index (χ0n) is 17.5. The molecule has 0 spiro atoms. The summed E-state index contributed by atoms with van der Waals surface area (Å²) in [6, 6.07) is 14.4. The number of aromatic nitrogens is 2. The zero-order valence-corrected chi connectivity index (χ0v) is 17.5. The van der Waals surface area contributed by atoms with E-state index in [9.17, 15) is 9.59 Å². The van der Waals surface area contributed by atoms with E-state index in [2.05, 4.69) is 9.97 Å². The summed E-state index contributed by atoms with van der Waals surface area (Å²) in [5, 5.41) is 0.639. The van der Waals surface area contributed by atoms with Crippen molar-refractivity contribution in [1.82, 2.24) is 14.9 Å². The average molecular weight is 431 g/mol. The van der Waals surface area contributed by atoms with Gasteiger partial charge in [-0.15, -0.1) is 0 Å². The molecular weight excluding hydrogens is 410 g/mol. The van der Waals surface area contributed by atoms with Gasteiger partial charge in [-0.3, -0.25) is 4.79 Å². The van der Waals surface area contributed by atoms with E-state index in [1.807, 2.05) is 24.3 Å². The predicted octanol–water partition coefficient (Wildman–Crippen LogP) is 3.43. The maximum atomic E-state index is 13.0. The van der Waals surface area contributed by atoms with Crippen LogP contribution in [0.4, 0.5) is 0 Å². The Labute approximate surface area is 183 Å². The second-order valence-electron chi connectivity index (χ2n) is 7.63. The van der Waals surface area contributed by atoms with Gasteiger partial charge in [0.1, 0.15) is 11.7 Å². The van der Waals surface area contributed by atoms with Gasteiger partial charge in [0, 0.05) is 31.3 Å². The van der Waals surface area contributed by atoms with Gasteiger partial charge in [0.2, 0.25) is 5.88 Å². The lowest BCUT2D eigenvalue weighted by Gasteiger charge is -2.31. The SMILES string of the molecule is COc1cccc2cc(C(=O)N3CCC(Oc4cnc5ccccc5n4)CC3)c(=O)oc12. The Kier molecular flexibility index (Phi) is 5.18. The van der Waals surface area contributed by atoms with E-state index in [0.717, 1.165) is 11.0 Å². The predicted molar refractivity (Wildman–Crippen MR) is 118 cm³/mol.